The Labute approximate surface area is 192 Å². The number of nitrogens with one attached hydrogen (secondary N) is 1. The molecule has 0 aliphatic carbocycles. The molecule has 1 unspecified atom stereocenters. The summed E-state index contributed by atoms with van der Waals surface area (Å²) in [4.78, 5) is 13.1. The quantitative estimate of drug-likeness (QED) is 0.619. The van der Waals surface area contributed by atoms with Crippen LogP contribution < -0.4 is 9.03 Å². The van der Waals surface area contributed by atoms with Crippen molar-refractivity contribution >= 4 is 38.2 Å². The Hall–Kier alpha value is -2.49. The van der Waals surface area contributed by atoms with Crippen LogP contribution in [-0.2, 0) is 30.5 Å². The van der Waals surface area contributed by atoms with Crippen molar-refractivity contribution in [2.45, 2.75) is 49.4 Å². The third kappa shape index (κ3) is 4.51. The van der Waals surface area contributed by atoms with Crippen LogP contribution >= 0.6 is 0 Å². The smallest absolute Gasteiger partial charge is 0.326 e. The topological polar surface area (TPSA) is 92.8 Å². The number of benzene rings is 2. The Balaban J connectivity index is 2.18. The fraction of sp³-hybridized carbons (Fsp3) is 0.348. The molecule has 0 radical (unpaired) electrons. The Kier molecular flexibility index (Phi) is 6.92. The molecule has 3 atom stereocenters. The standard InChI is InChI=1S/C23H28N2O5S2/c1-6-30-22(26)20(24-31(27)23(3,4)5)21-16(2)18-14-10-11-15-19(18)25(21)32(28,29)17-12-8-7-9-13-17/h7-15,20-21,24H,2,6H2,1,3-5H3/t20-,21+,31?/m1/s1. The first kappa shape index (κ1) is 24.2. The molecular formula is C23H28N2O5S2. The summed E-state index contributed by atoms with van der Waals surface area (Å²) in [5, 5.41) is 0. The van der Waals surface area contributed by atoms with Crippen LogP contribution in [0.5, 0.6) is 0 Å². The van der Waals surface area contributed by atoms with Gasteiger partial charge in [0.2, 0.25) is 0 Å². The van der Waals surface area contributed by atoms with Crippen LogP contribution in [0.15, 0.2) is 66.1 Å². The number of esters is 1. The van der Waals surface area contributed by atoms with E-state index in [0.29, 0.717) is 16.8 Å². The van der Waals surface area contributed by atoms with Gasteiger partial charge in [0, 0.05) is 5.56 Å². The first-order valence-electron chi connectivity index (χ1n) is 10.2. The van der Waals surface area contributed by atoms with E-state index in [2.05, 4.69) is 11.3 Å². The summed E-state index contributed by atoms with van der Waals surface area (Å²) in [6.45, 7) is 11.1. The fourth-order valence-corrected chi connectivity index (χ4v) is 5.98. The summed E-state index contributed by atoms with van der Waals surface area (Å²) >= 11 is 0. The van der Waals surface area contributed by atoms with E-state index in [9.17, 15) is 17.4 Å². The van der Waals surface area contributed by atoms with Crippen molar-refractivity contribution in [2.75, 3.05) is 10.9 Å². The first-order valence-corrected chi connectivity index (χ1v) is 12.8. The summed E-state index contributed by atoms with van der Waals surface area (Å²) in [6.07, 6.45) is 0. The lowest BCUT2D eigenvalue weighted by Crippen LogP contribution is -2.56. The van der Waals surface area contributed by atoms with Crippen LogP contribution in [0, 0.1) is 0 Å². The van der Waals surface area contributed by atoms with Crippen LogP contribution in [0.1, 0.15) is 33.3 Å². The van der Waals surface area contributed by atoms with Gasteiger partial charge in [-0.25, -0.2) is 17.3 Å². The highest BCUT2D eigenvalue weighted by Gasteiger charge is 2.48. The van der Waals surface area contributed by atoms with Gasteiger partial charge in [0.25, 0.3) is 10.0 Å². The molecule has 0 bridgehead atoms. The highest BCUT2D eigenvalue weighted by molar-refractivity contribution is 7.93. The summed E-state index contributed by atoms with van der Waals surface area (Å²) < 4.78 is 49.0. The second-order valence-corrected chi connectivity index (χ2v) is 12.1. The van der Waals surface area contributed by atoms with Crippen molar-refractivity contribution < 1.29 is 22.2 Å². The van der Waals surface area contributed by atoms with E-state index in [1.807, 2.05) is 0 Å². The van der Waals surface area contributed by atoms with Gasteiger partial charge >= 0.3 is 5.97 Å². The number of nitrogens with zero attached hydrogens (tertiary/aromatic N) is 1. The highest BCUT2D eigenvalue weighted by atomic mass is 32.2. The van der Waals surface area contributed by atoms with Crippen molar-refractivity contribution in [3.63, 3.8) is 0 Å². The van der Waals surface area contributed by atoms with Crippen molar-refractivity contribution in [3.05, 3.63) is 66.7 Å². The number of carbonyl (C=O) groups is 1. The molecule has 0 saturated heterocycles. The van der Waals surface area contributed by atoms with Gasteiger partial charge in [0.1, 0.15) is 6.04 Å². The zero-order valence-electron chi connectivity index (χ0n) is 18.6. The molecule has 3 rings (SSSR count). The molecular weight excluding hydrogens is 448 g/mol. The molecule has 1 aliphatic rings. The van der Waals surface area contributed by atoms with Crippen LogP contribution in [-0.4, -0.2) is 42.0 Å². The number of para-hydroxylation sites is 1. The summed E-state index contributed by atoms with van der Waals surface area (Å²) in [7, 11) is -5.74. The van der Waals surface area contributed by atoms with E-state index in [1.165, 1.54) is 16.4 Å². The van der Waals surface area contributed by atoms with E-state index >= 15 is 0 Å². The third-order valence-corrected chi connectivity index (χ3v) is 8.43. The van der Waals surface area contributed by atoms with Crippen LogP contribution in [0.4, 0.5) is 5.69 Å². The highest BCUT2D eigenvalue weighted by Crippen LogP contribution is 2.44. The predicted octanol–water partition coefficient (Wildman–Crippen LogP) is 3.26. The van der Waals surface area contributed by atoms with Crippen LogP contribution in [0.2, 0.25) is 0 Å². The Bertz CT molecular complexity index is 1140. The van der Waals surface area contributed by atoms with Crippen molar-refractivity contribution in [3.8, 4) is 0 Å². The number of ether oxygens (including phenoxy) is 1. The fourth-order valence-electron chi connectivity index (χ4n) is 3.48. The van der Waals surface area contributed by atoms with E-state index in [0.717, 1.165) is 0 Å². The number of rotatable bonds is 7. The third-order valence-electron chi connectivity index (χ3n) is 5.04. The van der Waals surface area contributed by atoms with Gasteiger partial charge in [-0.1, -0.05) is 43.0 Å². The number of hydrogen-bond acceptors (Lipinski definition) is 5. The molecule has 0 aromatic heterocycles. The van der Waals surface area contributed by atoms with Crippen molar-refractivity contribution in [1.82, 2.24) is 4.72 Å². The maximum absolute atomic E-state index is 13.7. The molecule has 0 saturated carbocycles. The molecule has 9 heteroatoms. The molecule has 1 N–H and O–H groups in total. The lowest BCUT2D eigenvalue weighted by atomic mass is 9.99. The molecule has 172 valence electrons. The molecule has 1 heterocycles. The van der Waals surface area contributed by atoms with Crippen molar-refractivity contribution in [1.29, 1.82) is 0 Å². The predicted molar refractivity (Wildman–Crippen MR) is 127 cm³/mol. The van der Waals surface area contributed by atoms with Gasteiger partial charge in [-0.3, -0.25) is 9.10 Å². The van der Waals surface area contributed by atoms with Gasteiger partial charge in [-0.05, 0) is 51.5 Å². The maximum Gasteiger partial charge on any atom is 0.326 e. The molecule has 2 aromatic rings. The number of hydrogen-bond donors (Lipinski definition) is 1. The lowest BCUT2D eigenvalue weighted by Gasteiger charge is -2.33. The summed E-state index contributed by atoms with van der Waals surface area (Å²) in [5.41, 5.74) is 1.44. The van der Waals surface area contributed by atoms with Gasteiger partial charge < -0.3 is 4.74 Å². The molecule has 7 nitrogen and oxygen atoms in total. The minimum atomic E-state index is -4.07. The van der Waals surface area contributed by atoms with E-state index in [1.54, 1.807) is 70.2 Å². The minimum Gasteiger partial charge on any atom is -0.465 e. The van der Waals surface area contributed by atoms with Gasteiger partial charge in [0.05, 0.1) is 39.0 Å². The largest absolute Gasteiger partial charge is 0.465 e. The maximum atomic E-state index is 13.7. The first-order chi connectivity index (χ1) is 15.0. The minimum absolute atomic E-state index is 0.0778. The van der Waals surface area contributed by atoms with Crippen LogP contribution in [0.25, 0.3) is 5.57 Å². The zero-order valence-corrected chi connectivity index (χ0v) is 20.2. The number of carbonyl (C=O) groups excluding carboxylic acids is 1. The van der Waals surface area contributed by atoms with E-state index in [4.69, 9.17) is 4.74 Å². The molecule has 1 aliphatic heterocycles. The number of sulfonamides is 1. The molecule has 0 fully saturated rings. The average Bonchev–Trinajstić information content (AvgIpc) is 3.05. The Morgan fingerprint density at radius 1 is 1.16 bits per heavy atom. The number of fused-ring (bicyclic) bond motifs is 1. The van der Waals surface area contributed by atoms with Crippen molar-refractivity contribution in [2.24, 2.45) is 0 Å². The molecule has 32 heavy (non-hydrogen) atoms. The SMILES string of the molecule is C=C1c2ccccc2N(S(=O)(=O)c2ccccc2)[C@@H]1[C@@H](NS(=O)C(C)(C)C)C(=O)OCC. The van der Waals surface area contributed by atoms with Gasteiger partial charge in [-0.2, -0.15) is 0 Å². The monoisotopic (exact) mass is 476 g/mol. The normalized spacial score (nSPS) is 18.2. The molecule has 0 amide bonds. The van der Waals surface area contributed by atoms with Crippen LogP contribution in [0.3, 0.4) is 0 Å². The molecule has 2 aromatic carbocycles. The average molecular weight is 477 g/mol. The zero-order chi connectivity index (χ0) is 23.7. The number of anilines is 1. The molecule has 0 spiro atoms. The summed E-state index contributed by atoms with van der Waals surface area (Å²) in [6, 6.07) is 12.6. The Morgan fingerprint density at radius 3 is 2.34 bits per heavy atom. The van der Waals surface area contributed by atoms with Gasteiger partial charge in [0.15, 0.2) is 0 Å². The Morgan fingerprint density at radius 2 is 1.75 bits per heavy atom. The van der Waals surface area contributed by atoms with E-state index in [-0.39, 0.29) is 11.5 Å². The summed E-state index contributed by atoms with van der Waals surface area (Å²) in [5.74, 6) is -0.697. The lowest BCUT2D eigenvalue weighted by molar-refractivity contribution is -0.145. The van der Waals surface area contributed by atoms with E-state index < -0.39 is 43.8 Å². The second kappa shape index (κ2) is 9.17. The second-order valence-electron chi connectivity index (χ2n) is 8.33. The van der Waals surface area contributed by atoms with Gasteiger partial charge in [-0.15, -0.1) is 0 Å².